The van der Waals surface area contributed by atoms with Crippen LogP contribution in [0.15, 0.2) is 54.6 Å². The molecule has 0 atom stereocenters. The molecule has 0 aliphatic rings. The van der Waals surface area contributed by atoms with Crippen LogP contribution in [-0.4, -0.2) is 23.7 Å². The highest BCUT2D eigenvalue weighted by atomic mass is 16.5. The van der Waals surface area contributed by atoms with E-state index in [2.05, 4.69) is 47.9 Å². The zero-order valence-corrected chi connectivity index (χ0v) is 19.7. The van der Waals surface area contributed by atoms with E-state index in [9.17, 15) is 4.79 Å². The Bertz CT molecular complexity index is 1000. The highest BCUT2D eigenvalue weighted by Gasteiger charge is 2.24. The normalized spacial score (nSPS) is 11.1. The lowest BCUT2D eigenvalue weighted by Gasteiger charge is -2.14. The van der Waals surface area contributed by atoms with E-state index in [1.807, 2.05) is 32.0 Å². The third-order valence-electron chi connectivity index (χ3n) is 6.05. The maximum Gasteiger partial charge on any atom is 0.251 e. The first kappa shape index (κ1) is 23.8. The van der Waals surface area contributed by atoms with Crippen molar-refractivity contribution in [1.29, 1.82) is 0 Å². The van der Waals surface area contributed by atoms with Crippen LogP contribution in [0.2, 0.25) is 0 Å². The molecule has 1 aromatic heterocycles. The fourth-order valence-electron chi connectivity index (χ4n) is 4.44. The van der Waals surface area contributed by atoms with Crippen LogP contribution in [0.25, 0.3) is 22.3 Å². The van der Waals surface area contributed by atoms with Crippen LogP contribution < -0.4 is 5.73 Å². The summed E-state index contributed by atoms with van der Waals surface area (Å²) < 4.78 is 7.85. The molecule has 2 aromatic carbocycles. The number of rotatable bonds is 12. The summed E-state index contributed by atoms with van der Waals surface area (Å²) in [6, 6.07) is 18.8. The molecule has 0 saturated heterocycles. The van der Waals surface area contributed by atoms with E-state index in [4.69, 9.17) is 10.5 Å². The van der Waals surface area contributed by atoms with Gasteiger partial charge in [-0.3, -0.25) is 4.79 Å². The molecule has 0 fully saturated rings. The van der Waals surface area contributed by atoms with Crippen molar-refractivity contribution in [2.75, 3.05) is 13.2 Å². The van der Waals surface area contributed by atoms with Gasteiger partial charge in [-0.25, -0.2) is 0 Å². The third kappa shape index (κ3) is 5.49. The molecule has 0 saturated carbocycles. The largest absolute Gasteiger partial charge is 0.382 e. The summed E-state index contributed by atoms with van der Waals surface area (Å²) in [6.07, 6.45) is 5.27. The molecule has 170 valence electrons. The van der Waals surface area contributed by atoms with Crippen molar-refractivity contribution in [3.05, 3.63) is 71.5 Å². The van der Waals surface area contributed by atoms with Gasteiger partial charge in [0.05, 0.1) is 5.56 Å². The van der Waals surface area contributed by atoms with Crippen LogP contribution in [0.4, 0.5) is 0 Å². The molecule has 0 radical (unpaired) electrons. The minimum Gasteiger partial charge on any atom is -0.382 e. The number of hydrogen-bond donors (Lipinski definition) is 1. The van der Waals surface area contributed by atoms with E-state index < -0.39 is 0 Å². The highest BCUT2D eigenvalue weighted by Crippen LogP contribution is 2.35. The molecule has 0 aliphatic heterocycles. The van der Waals surface area contributed by atoms with E-state index in [1.54, 1.807) is 0 Å². The molecule has 0 unspecified atom stereocenters. The van der Waals surface area contributed by atoms with Gasteiger partial charge in [-0.05, 0) is 49.8 Å². The zero-order valence-electron chi connectivity index (χ0n) is 19.7. The first-order chi connectivity index (χ1) is 15.6. The summed E-state index contributed by atoms with van der Waals surface area (Å²) in [5.74, 6) is -0.357. The van der Waals surface area contributed by atoms with Crippen LogP contribution in [0.1, 0.15) is 61.3 Å². The van der Waals surface area contributed by atoms with Crippen molar-refractivity contribution in [3.8, 4) is 22.3 Å². The van der Waals surface area contributed by atoms with Gasteiger partial charge in [-0.1, -0.05) is 74.4 Å². The summed E-state index contributed by atoms with van der Waals surface area (Å²) in [7, 11) is 0. The number of aromatic nitrogens is 1. The average molecular weight is 433 g/mol. The molecule has 0 bridgehead atoms. The van der Waals surface area contributed by atoms with Crippen molar-refractivity contribution in [2.45, 2.75) is 59.4 Å². The summed E-state index contributed by atoms with van der Waals surface area (Å²) >= 11 is 0. The van der Waals surface area contributed by atoms with Crippen LogP contribution >= 0.6 is 0 Å². The highest BCUT2D eigenvalue weighted by molar-refractivity contribution is 6.02. The van der Waals surface area contributed by atoms with E-state index in [0.717, 1.165) is 67.8 Å². The molecule has 32 heavy (non-hydrogen) atoms. The van der Waals surface area contributed by atoms with Crippen molar-refractivity contribution in [3.63, 3.8) is 0 Å². The third-order valence-corrected chi connectivity index (χ3v) is 6.05. The zero-order chi connectivity index (χ0) is 22.9. The van der Waals surface area contributed by atoms with Crippen molar-refractivity contribution in [1.82, 2.24) is 4.57 Å². The topological polar surface area (TPSA) is 57.2 Å². The lowest BCUT2D eigenvalue weighted by atomic mass is 9.95. The van der Waals surface area contributed by atoms with E-state index in [-0.39, 0.29) is 5.91 Å². The van der Waals surface area contributed by atoms with Gasteiger partial charge in [0.2, 0.25) is 0 Å². The number of carbonyl (C=O) groups excluding carboxylic acids is 1. The SMILES string of the molecule is CCCCCc1c(-c2ccc(-c3ccccc3)cc2)c(C(N)=O)c(C)n1CCCOCC. The number of carbonyl (C=O) groups is 1. The summed E-state index contributed by atoms with van der Waals surface area (Å²) in [4.78, 5) is 12.6. The predicted molar refractivity (Wildman–Crippen MR) is 133 cm³/mol. The second kappa shape index (κ2) is 11.7. The Kier molecular flexibility index (Phi) is 8.69. The molecule has 1 amide bonds. The van der Waals surface area contributed by atoms with Gasteiger partial charge < -0.3 is 15.0 Å². The second-order valence-corrected chi connectivity index (χ2v) is 8.25. The molecule has 4 nitrogen and oxygen atoms in total. The number of nitrogens with zero attached hydrogens (tertiary/aromatic N) is 1. The van der Waals surface area contributed by atoms with E-state index in [0.29, 0.717) is 5.56 Å². The number of amides is 1. The van der Waals surface area contributed by atoms with Gasteiger partial charge in [0, 0.05) is 36.7 Å². The van der Waals surface area contributed by atoms with Crippen LogP contribution in [-0.2, 0) is 17.7 Å². The fraction of sp³-hybridized carbons (Fsp3) is 0.393. The maximum atomic E-state index is 12.6. The Balaban J connectivity index is 2.04. The summed E-state index contributed by atoms with van der Waals surface area (Å²) in [5.41, 5.74) is 13.1. The Labute approximate surface area is 192 Å². The Hall–Kier alpha value is -2.85. The van der Waals surface area contributed by atoms with Gasteiger partial charge in [0.25, 0.3) is 5.91 Å². The summed E-state index contributed by atoms with van der Waals surface area (Å²) in [6.45, 7) is 8.51. The lowest BCUT2D eigenvalue weighted by Crippen LogP contribution is -2.13. The molecule has 4 heteroatoms. The first-order valence-electron chi connectivity index (χ1n) is 11.8. The molecule has 1 heterocycles. The predicted octanol–water partition coefficient (Wildman–Crippen LogP) is 6.39. The molecular formula is C28H36N2O2. The van der Waals surface area contributed by atoms with Crippen LogP contribution in [0.5, 0.6) is 0 Å². The average Bonchev–Trinajstić information content (AvgIpc) is 3.09. The Morgan fingerprint density at radius 3 is 2.19 bits per heavy atom. The minimum atomic E-state index is -0.357. The second-order valence-electron chi connectivity index (χ2n) is 8.25. The van der Waals surface area contributed by atoms with Gasteiger partial charge >= 0.3 is 0 Å². The lowest BCUT2D eigenvalue weighted by molar-refractivity contribution is 0.1000. The van der Waals surface area contributed by atoms with Crippen molar-refractivity contribution >= 4 is 5.91 Å². The van der Waals surface area contributed by atoms with Gasteiger partial charge in [0.1, 0.15) is 0 Å². The summed E-state index contributed by atoms with van der Waals surface area (Å²) in [5, 5.41) is 0. The van der Waals surface area contributed by atoms with Crippen molar-refractivity contribution < 1.29 is 9.53 Å². The fourth-order valence-corrected chi connectivity index (χ4v) is 4.44. The minimum absolute atomic E-state index is 0.357. The van der Waals surface area contributed by atoms with Crippen molar-refractivity contribution in [2.24, 2.45) is 5.73 Å². The number of nitrogens with two attached hydrogens (primary N) is 1. The standard InChI is InChI=1S/C28H36N2O2/c1-4-6-8-14-25-27(24-17-15-23(16-18-24)22-12-9-7-10-13-22)26(28(29)31)21(3)30(25)19-11-20-32-5-2/h7,9-10,12-13,15-18H,4-6,8,11,14,19-20H2,1-3H3,(H2,29,31). The molecule has 0 aliphatic carbocycles. The maximum absolute atomic E-state index is 12.6. The number of benzene rings is 2. The van der Waals surface area contributed by atoms with Gasteiger partial charge in [0.15, 0.2) is 0 Å². The van der Waals surface area contributed by atoms with Crippen LogP contribution in [0, 0.1) is 6.92 Å². The molecule has 0 spiro atoms. The quantitative estimate of drug-likeness (QED) is 0.337. The smallest absolute Gasteiger partial charge is 0.251 e. The number of unbranched alkanes of at least 4 members (excludes halogenated alkanes) is 2. The first-order valence-corrected chi connectivity index (χ1v) is 11.8. The number of hydrogen-bond acceptors (Lipinski definition) is 2. The molecule has 2 N–H and O–H groups in total. The number of ether oxygens (including phenoxy) is 1. The Morgan fingerprint density at radius 2 is 1.56 bits per heavy atom. The van der Waals surface area contributed by atoms with Gasteiger partial charge in [-0.2, -0.15) is 0 Å². The van der Waals surface area contributed by atoms with Gasteiger partial charge in [-0.15, -0.1) is 0 Å². The molecule has 3 aromatic rings. The molecule has 3 rings (SSSR count). The molecular weight excluding hydrogens is 396 g/mol. The van der Waals surface area contributed by atoms with E-state index in [1.165, 1.54) is 17.7 Å². The van der Waals surface area contributed by atoms with Crippen LogP contribution in [0.3, 0.4) is 0 Å². The monoisotopic (exact) mass is 432 g/mol. The Morgan fingerprint density at radius 1 is 0.906 bits per heavy atom. The van der Waals surface area contributed by atoms with E-state index >= 15 is 0 Å². The number of primary amides is 1.